The van der Waals surface area contributed by atoms with Crippen LogP contribution in [0, 0.1) is 6.92 Å². The monoisotopic (exact) mass is 428 g/mol. The molecule has 9 heteroatoms. The summed E-state index contributed by atoms with van der Waals surface area (Å²) in [7, 11) is 1.69. The zero-order valence-electron chi connectivity index (χ0n) is 14.9. The molecule has 3 rings (SSSR count). The number of nitrogens with one attached hydrogen (secondary N) is 1. The number of benzene rings is 1. The van der Waals surface area contributed by atoms with Crippen LogP contribution in [0.25, 0.3) is 0 Å². The molecular weight excluding hydrogens is 411 g/mol. The topological polar surface area (TPSA) is 57.6 Å². The van der Waals surface area contributed by atoms with Crippen molar-refractivity contribution in [3.63, 3.8) is 0 Å². The summed E-state index contributed by atoms with van der Waals surface area (Å²) in [4.78, 5) is 28.5. The molecular formula is C18H19Cl3N4O2. The van der Waals surface area contributed by atoms with Gasteiger partial charge in [-0.2, -0.15) is 0 Å². The molecule has 0 aliphatic carbocycles. The number of nitrogens with zero attached hydrogens (tertiary/aromatic N) is 3. The lowest BCUT2D eigenvalue weighted by molar-refractivity contribution is 0.0662. The van der Waals surface area contributed by atoms with E-state index in [-0.39, 0.29) is 11.9 Å². The van der Waals surface area contributed by atoms with Gasteiger partial charge >= 0.3 is 6.03 Å². The molecule has 2 aromatic rings. The molecule has 1 fully saturated rings. The molecule has 144 valence electrons. The molecule has 1 aromatic heterocycles. The van der Waals surface area contributed by atoms with Crippen molar-refractivity contribution in [2.45, 2.75) is 6.92 Å². The zero-order valence-corrected chi connectivity index (χ0v) is 17.2. The van der Waals surface area contributed by atoms with Gasteiger partial charge in [0.1, 0.15) is 10.8 Å². The average Bonchev–Trinajstić information content (AvgIpc) is 2.91. The predicted molar refractivity (Wildman–Crippen MR) is 108 cm³/mol. The Morgan fingerprint density at radius 3 is 2.15 bits per heavy atom. The minimum Gasteiger partial charge on any atom is -0.334 e. The number of rotatable bonds is 2. The van der Waals surface area contributed by atoms with Crippen molar-refractivity contribution in [3.8, 4) is 0 Å². The Hall–Kier alpha value is -1.89. The summed E-state index contributed by atoms with van der Waals surface area (Å²) in [6, 6.07) is 6.73. The number of urea groups is 1. The normalized spacial score (nSPS) is 14.4. The maximum absolute atomic E-state index is 12.7. The van der Waals surface area contributed by atoms with Crippen LogP contribution in [0.15, 0.2) is 24.3 Å². The van der Waals surface area contributed by atoms with Gasteiger partial charge in [-0.15, -0.1) is 0 Å². The van der Waals surface area contributed by atoms with E-state index in [9.17, 15) is 9.59 Å². The van der Waals surface area contributed by atoms with Gasteiger partial charge in [0.25, 0.3) is 5.91 Å². The van der Waals surface area contributed by atoms with Crippen LogP contribution in [-0.2, 0) is 7.05 Å². The summed E-state index contributed by atoms with van der Waals surface area (Å²) in [6.07, 6.45) is 0. The number of piperazine rings is 1. The van der Waals surface area contributed by atoms with Gasteiger partial charge in [-0.25, -0.2) is 4.79 Å². The van der Waals surface area contributed by atoms with E-state index in [1.54, 1.807) is 33.5 Å². The fourth-order valence-corrected chi connectivity index (χ4v) is 3.45. The van der Waals surface area contributed by atoms with E-state index in [4.69, 9.17) is 34.8 Å². The van der Waals surface area contributed by atoms with Crippen molar-refractivity contribution in [2.24, 2.45) is 7.05 Å². The molecule has 0 atom stereocenters. The van der Waals surface area contributed by atoms with Crippen molar-refractivity contribution in [2.75, 3.05) is 31.5 Å². The van der Waals surface area contributed by atoms with Gasteiger partial charge in [0.2, 0.25) is 0 Å². The zero-order chi connectivity index (χ0) is 19.7. The van der Waals surface area contributed by atoms with E-state index in [1.165, 1.54) is 0 Å². The highest BCUT2D eigenvalue weighted by molar-refractivity contribution is 6.41. The molecule has 0 saturated carbocycles. The highest BCUT2D eigenvalue weighted by Gasteiger charge is 2.27. The van der Waals surface area contributed by atoms with Crippen LogP contribution in [0.3, 0.4) is 0 Å². The number of anilines is 1. The molecule has 1 saturated heterocycles. The Kier molecular flexibility index (Phi) is 5.89. The van der Waals surface area contributed by atoms with E-state index >= 15 is 0 Å². The van der Waals surface area contributed by atoms with E-state index < -0.39 is 0 Å². The van der Waals surface area contributed by atoms with E-state index in [2.05, 4.69) is 5.32 Å². The summed E-state index contributed by atoms with van der Waals surface area (Å²) >= 11 is 18.1. The van der Waals surface area contributed by atoms with Crippen molar-refractivity contribution >= 4 is 52.4 Å². The third-order valence-electron chi connectivity index (χ3n) is 4.61. The molecule has 0 bridgehead atoms. The largest absolute Gasteiger partial charge is 0.334 e. The quantitative estimate of drug-likeness (QED) is 0.774. The summed E-state index contributed by atoms with van der Waals surface area (Å²) in [5.74, 6) is -0.156. The second-order valence-corrected chi connectivity index (χ2v) is 7.57. The first-order chi connectivity index (χ1) is 12.8. The van der Waals surface area contributed by atoms with Crippen molar-refractivity contribution in [1.82, 2.24) is 14.4 Å². The van der Waals surface area contributed by atoms with Crippen LogP contribution in [-0.4, -0.2) is 52.5 Å². The molecule has 27 heavy (non-hydrogen) atoms. The number of carbonyl (C=O) groups excluding carboxylic acids is 2. The molecule has 1 aliphatic rings. The third-order valence-corrected chi connectivity index (χ3v) is 5.86. The predicted octanol–water partition coefficient (Wildman–Crippen LogP) is 4.28. The molecule has 1 N–H and O–H groups in total. The smallest absolute Gasteiger partial charge is 0.321 e. The minimum atomic E-state index is -0.216. The van der Waals surface area contributed by atoms with Gasteiger partial charge in [-0.3, -0.25) is 4.79 Å². The number of amides is 3. The standard InChI is InChI=1S/C18H19Cl3N4O2/c1-11-3-4-12(9-13(11)19)22-18(27)25-7-5-24(6-8-25)17(26)15-10-14(20)16(21)23(15)2/h3-4,9-10H,5-8H2,1-2H3,(H,22,27). The number of halogens is 3. The highest BCUT2D eigenvalue weighted by atomic mass is 35.5. The lowest BCUT2D eigenvalue weighted by Gasteiger charge is -2.34. The van der Waals surface area contributed by atoms with Crippen LogP contribution in [0.1, 0.15) is 16.1 Å². The SMILES string of the molecule is Cc1ccc(NC(=O)N2CCN(C(=O)c3cc(Cl)c(Cl)n3C)CC2)cc1Cl. The van der Waals surface area contributed by atoms with Gasteiger partial charge in [0.05, 0.1) is 5.02 Å². The number of aromatic nitrogens is 1. The van der Waals surface area contributed by atoms with Crippen molar-refractivity contribution in [3.05, 3.63) is 50.7 Å². The van der Waals surface area contributed by atoms with Crippen molar-refractivity contribution < 1.29 is 9.59 Å². The lowest BCUT2D eigenvalue weighted by Crippen LogP contribution is -2.51. The Morgan fingerprint density at radius 1 is 0.963 bits per heavy atom. The van der Waals surface area contributed by atoms with Gasteiger partial charge in [0, 0.05) is 43.9 Å². The first-order valence-corrected chi connectivity index (χ1v) is 9.53. The highest BCUT2D eigenvalue weighted by Crippen LogP contribution is 2.26. The molecule has 3 amide bonds. The Morgan fingerprint density at radius 2 is 1.59 bits per heavy atom. The van der Waals surface area contributed by atoms with Gasteiger partial charge in [-0.05, 0) is 30.7 Å². The van der Waals surface area contributed by atoms with Crippen LogP contribution in [0.2, 0.25) is 15.2 Å². The van der Waals surface area contributed by atoms with E-state index in [1.807, 2.05) is 19.1 Å². The second kappa shape index (κ2) is 8.00. The van der Waals surface area contributed by atoms with E-state index in [0.717, 1.165) is 5.56 Å². The fourth-order valence-electron chi connectivity index (χ4n) is 2.90. The Balaban J connectivity index is 1.59. The first kappa shape index (κ1) is 19.9. The molecule has 0 unspecified atom stereocenters. The molecule has 6 nitrogen and oxygen atoms in total. The third kappa shape index (κ3) is 4.18. The van der Waals surface area contributed by atoms with Gasteiger partial charge in [-0.1, -0.05) is 40.9 Å². The minimum absolute atomic E-state index is 0.156. The lowest BCUT2D eigenvalue weighted by atomic mass is 10.2. The number of hydrogen-bond acceptors (Lipinski definition) is 2. The average molecular weight is 430 g/mol. The van der Waals surface area contributed by atoms with Crippen LogP contribution >= 0.6 is 34.8 Å². The maximum atomic E-state index is 12.7. The van der Waals surface area contributed by atoms with Crippen molar-refractivity contribution in [1.29, 1.82) is 0 Å². The fraction of sp³-hybridized carbons (Fsp3) is 0.333. The van der Waals surface area contributed by atoms with Crippen LogP contribution in [0.4, 0.5) is 10.5 Å². The van der Waals surface area contributed by atoms with Gasteiger partial charge in [0.15, 0.2) is 0 Å². The van der Waals surface area contributed by atoms with Gasteiger partial charge < -0.3 is 19.7 Å². The van der Waals surface area contributed by atoms with Crippen LogP contribution < -0.4 is 5.32 Å². The molecule has 2 heterocycles. The number of carbonyl (C=O) groups is 2. The number of hydrogen-bond donors (Lipinski definition) is 1. The maximum Gasteiger partial charge on any atom is 0.321 e. The Bertz CT molecular complexity index is 889. The van der Waals surface area contributed by atoms with Crippen LogP contribution in [0.5, 0.6) is 0 Å². The summed E-state index contributed by atoms with van der Waals surface area (Å²) in [5, 5.41) is 4.11. The summed E-state index contributed by atoms with van der Waals surface area (Å²) in [6.45, 7) is 3.63. The summed E-state index contributed by atoms with van der Waals surface area (Å²) in [5.41, 5.74) is 2.02. The first-order valence-electron chi connectivity index (χ1n) is 8.40. The molecule has 1 aliphatic heterocycles. The summed E-state index contributed by atoms with van der Waals surface area (Å²) < 4.78 is 1.56. The Labute approximate surface area is 172 Å². The molecule has 0 radical (unpaired) electrons. The number of aryl methyl sites for hydroxylation is 1. The molecule has 0 spiro atoms. The molecule has 1 aromatic carbocycles. The second-order valence-electron chi connectivity index (χ2n) is 6.40. The van der Waals surface area contributed by atoms with E-state index in [0.29, 0.717) is 52.8 Å².